The number of nitrogens with one attached hydrogen (secondary N) is 1. The van der Waals surface area contributed by atoms with Crippen LogP contribution < -0.4 is 15.0 Å². The van der Waals surface area contributed by atoms with Gasteiger partial charge in [0.2, 0.25) is 5.88 Å². The van der Waals surface area contributed by atoms with Crippen molar-refractivity contribution in [1.29, 1.82) is 5.41 Å². The summed E-state index contributed by atoms with van der Waals surface area (Å²) in [5, 5.41) is 27.7. The summed E-state index contributed by atoms with van der Waals surface area (Å²) in [6.45, 7) is 0.187. The number of benzene rings is 2. The smallest absolute Gasteiger partial charge is 0.228 e. The monoisotopic (exact) mass is 365 g/mol. The van der Waals surface area contributed by atoms with E-state index in [0.29, 0.717) is 17.2 Å². The first kappa shape index (κ1) is 17.1. The summed E-state index contributed by atoms with van der Waals surface area (Å²) >= 11 is 0. The van der Waals surface area contributed by atoms with Gasteiger partial charge in [0.25, 0.3) is 0 Å². The van der Waals surface area contributed by atoms with E-state index in [4.69, 9.17) is 14.9 Å². The van der Waals surface area contributed by atoms with E-state index in [1.807, 2.05) is 24.3 Å². The number of aliphatic hydroxyl groups excluding tert-OH is 1. The number of hydrogen-bond acceptors (Lipinski definition) is 6. The molecule has 4 rings (SSSR count). The molecule has 138 valence electrons. The molecular formula is C20H19N3O4. The molecule has 0 spiro atoms. The van der Waals surface area contributed by atoms with Gasteiger partial charge in [0.05, 0.1) is 19.3 Å². The Hall–Kier alpha value is -3.32. The van der Waals surface area contributed by atoms with Crippen LogP contribution in [0.3, 0.4) is 0 Å². The van der Waals surface area contributed by atoms with Crippen molar-refractivity contribution in [1.82, 2.24) is 9.55 Å². The number of aromatic hydroxyl groups is 1. The Balaban J connectivity index is 1.95. The molecule has 1 aromatic heterocycles. The van der Waals surface area contributed by atoms with Crippen LogP contribution in [-0.2, 0) is 6.54 Å². The maximum atomic E-state index is 9.84. The van der Waals surface area contributed by atoms with Gasteiger partial charge in [0.1, 0.15) is 29.1 Å². The normalized spacial score (nSPS) is 14.8. The topological polar surface area (TPSA) is 101 Å². The van der Waals surface area contributed by atoms with Gasteiger partial charge < -0.3 is 24.3 Å². The molecule has 1 aliphatic rings. The quantitative estimate of drug-likeness (QED) is 0.515. The van der Waals surface area contributed by atoms with Crippen molar-refractivity contribution in [3.8, 4) is 23.1 Å². The van der Waals surface area contributed by atoms with Crippen LogP contribution in [0.4, 0.5) is 0 Å². The molecule has 0 saturated carbocycles. The van der Waals surface area contributed by atoms with E-state index in [1.165, 1.54) is 6.33 Å². The molecule has 2 heterocycles. The summed E-state index contributed by atoms with van der Waals surface area (Å²) in [4.78, 5) is 4.34. The number of phenolic OH excluding ortho intramolecular Hbond substituents is 1. The zero-order valence-electron chi connectivity index (χ0n) is 14.7. The lowest BCUT2D eigenvalue weighted by molar-refractivity contribution is 0.271. The van der Waals surface area contributed by atoms with Crippen molar-refractivity contribution in [2.24, 2.45) is 0 Å². The Labute approximate surface area is 155 Å². The zero-order chi connectivity index (χ0) is 19.0. The number of nitrogens with zero attached hydrogens (tertiary/aromatic N) is 2. The molecule has 1 atom stereocenters. The number of phenols is 1. The van der Waals surface area contributed by atoms with Gasteiger partial charge in [-0.25, -0.2) is 4.98 Å². The third-order valence-electron chi connectivity index (χ3n) is 4.68. The van der Waals surface area contributed by atoms with Crippen LogP contribution in [0.1, 0.15) is 22.6 Å². The third kappa shape index (κ3) is 2.92. The SMILES string of the molecule is COc1ccc(C2c3ccc(O)cc3Oc3ncn(CCO)c(=N)c32)cc1. The summed E-state index contributed by atoms with van der Waals surface area (Å²) in [5.41, 5.74) is 2.63. The van der Waals surface area contributed by atoms with Crippen molar-refractivity contribution in [3.05, 3.63) is 71.0 Å². The zero-order valence-corrected chi connectivity index (χ0v) is 14.7. The highest BCUT2D eigenvalue weighted by Crippen LogP contribution is 2.46. The maximum Gasteiger partial charge on any atom is 0.228 e. The van der Waals surface area contributed by atoms with Gasteiger partial charge in [0.15, 0.2) is 0 Å². The molecule has 0 amide bonds. The predicted molar refractivity (Wildman–Crippen MR) is 97.3 cm³/mol. The second-order valence-corrected chi connectivity index (χ2v) is 6.26. The number of ether oxygens (including phenoxy) is 2. The highest BCUT2D eigenvalue weighted by Gasteiger charge is 2.32. The Bertz CT molecular complexity index is 1040. The molecule has 7 nitrogen and oxygen atoms in total. The Kier molecular flexibility index (Phi) is 4.29. The average Bonchev–Trinajstić information content (AvgIpc) is 2.69. The van der Waals surface area contributed by atoms with Crippen LogP contribution >= 0.6 is 0 Å². The lowest BCUT2D eigenvalue weighted by Crippen LogP contribution is -2.30. The van der Waals surface area contributed by atoms with Gasteiger partial charge in [-0.15, -0.1) is 0 Å². The summed E-state index contributed by atoms with van der Waals surface area (Å²) in [5.74, 6) is 1.39. The molecule has 0 saturated heterocycles. The van der Waals surface area contributed by atoms with Gasteiger partial charge in [-0.2, -0.15) is 0 Å². The molecular weight excluding hydrogens is 346 g/mol. The molecule has 3 N–H and O–H groups in total. The Morgan fingerprint density at radius 1 is 1.22 bits per heavy atom. The van der Waals surface area contributed by atoms with Gasteiger partial charge >= 0.3 is 0 Å². The van der Waals surface area contributed by atoms with Crippen molar-refractivity contribution >= 4 is 0 Å². The van der Waals surface area contributed by atoms with Crippen LogP contribution in [0.25, 0.3) is 0 Å². The van der Waals surface area contributed by atoms with E-state index in [-0.39, 0.29) is 30.3 Å². The molecule has 0 aliphatic carbocycles. The minimum absolute atomic E-state index is 0.0878. The summed E-state index contributed by atoms with van der Waals surface area (Å²) in [6, 6.07) is 12.6. The Morgan fingerprint density at radius 2 is 2.00 bits per heavy atom. The predicted octanol–water partition coefficient (Wildman–Crippen LogP) is 2.35. The standard InChI is InChI=1S/C20H19N3O4/c1-26-14-5-2-12(3-6-14)17-15-7-4-13(25)10-16(15)27-20-18(17)19(21)23(8-9-24)11-22-20/h2-7,10-11,17,21,24-25H,8-9H2,1H3. The highest BCUT2D eigenvalue weighted by molar-refractivity contribution is 5.57. The molecule has 2 aromatic carbocycles. The molecule has 1 unspecified atom stereocenters. The van der Waals surface area contributed by atoms with E-state index in [9.17, 15) is 10.2 Å². The van der Waals surface area contributed by atoms with Crippen LogP contribution in [0.15, 0.2) is 48.8 Å². The highest BCUT2D eigenvalue weighted by atomic mass is 16.5. The first-order valence-corrected chi connectivity index (χ1v) is 8.52. The second kappa shape index (κ2) is 6.77. The van der Waals surface area contributed by atoms with Crippen LogP contribution in [0.5, 0.6) is 23.1 Å². The van der Waals surface area contributed by atoms with Crippen LogP contribution in [0, 0.1) is 5.41 Å². The van der Waals surface area contributed by atoms with E-state index >= 15 is 0 Å². The molecule has 0 fully saturated rings. The van der Waals surface area contributed by atoms with Crippen molar-refractivity contribution in [2.75, 3.05) is 13.7 Å². The molecule has 0 radical (unpaired) electrons. The van der Waals surface area contributed by atoms with E-state index in [0.717, 1.165) is 16.9 Å². The maximum absolute atomic E-state index is 9.84. The fraction of sp³-hybridized carbons (Fsp3) is 0.200. The largest absolute Gasteiger partial charge is 0.508 e. The van der Waals surface area contributed by atoms with Gasteiger partial charge in [0, 0.05) is 24.1 Å². The van der Waals surface area contributed by atoms with Crippen molar-refractivity contribution in [2.45, 2.75) is 12.5 Å². The Morgan fingerprint density at radius 3 is 2.70 bits per heavy atom. The van der Waals surface area contributed by atoms with Crippen molar-refractivity contribution in [3.63, 3.8) is 0 Å². The molecule has 27 heavy (non-hydrogen) atoms. The fourth-order valence-electron chi connectivity index (χ4n) is 3.38. The second-order valence-electron chi connectivity index (χ2n) is 6.26. The van der Waals surface area contributed by atoms with Gasteiger partial charge in [-0.05, 0) is 23.8 Å². The number of aromatic nitrogens is 2. The molecule has 0 bridgehead atoms. The van der Waals surface area contributed by atoms with E-state index in [1.54, 1.807) is 29.9 Å². The van der Waals surface area contributed by atoms with Gasteiger partial charge in [-0.1, -0.05) is 18.2 Å². The van der Waals surface area contributed by atoms with Crippen molar-refractivity contribution < 1.29 is 19.7 Å². The number of fused-ring (bicyclic) bond motifs is 2. The van der Waals surface area contributed by atoms with Gasteiger partial charge in [-0.3, -0.25) is 5.41 Å². The molecule has 7 heteroatoms. The summed E-state index contributed by atoms with van der Waals surface area (Å²) < 4.78 is 12.7. The first-order valence-electron chi connectivity index (χ1n) is 8.52. The molecule has 1 aliphatic heterocycles. The lowest BCUT2D eigenvalue weighted by Gasteiger charge is -2.28. The number of hydrogen-bond donors (Lipinski definition) is 3. The van der Waals surface area contributed by atoms with Crippen LogP contribution in [0.2, 0.25) is 0 Å². The minimum Gasteiger partial charge on any atom is -0.508 e. The summed E-state index contributed by atoms with van der Waals surface area (Å²) in [6.07, 6.45) is 1.48. The first-order chi connectivity index (χ1) is 13.1. The number of aliphatic hydroxyl groups is 1. The van der Waals surface area contributed by atoms with Crippen LogP contribution in [-0.4, -0.2) is 33.5 Å². The molecule has 3 aromatic rings. The van der Waals surface area contributed by atoms with E-state index < -0.39 is 0 Å². The minimum atomic E-state index is -0.290. The number of methoxy groups -OCH3 is 1. The third-order valence-corrected chi connectivity index (χ3v) is 4.68. The number of rotatable bonds is 4. The lowest BCUT2D eigenvalue weighted by atomic mass is 9.84. The fourth-order valence-corrected chi connectivity index (χ4v) is 3.38. The average molecular weight is 365 g/mol. The summed E-state index contributed by atoms with van der Waals surface area (Å²) in [7, 11) is 1.61. The van der Waals surface area contributed by atoms with E-state index in [2.05, 4.69) is 4.98 Å².